The van der Waals surface area contributed by atoms with Crippen molar-refractivity contribution in [2.45, 2.75) is 26.4 Å². The lowest BCUT2D eigenvalue weighted by Crippen LogP contribution is -2.23. The summed E-state index contributed by atoms with van der Waals surface area (Å²) < 4.78 is 10.6. The van der Waals surface area contributed by atoms with E-state index in [9.17, 15) is 0 Å². The predicted molar refractivity (Wildman–Crippen MR) is 45.2 cm³/mol. The molecule has 3 heteroatoms. The SMILES string of the molecule is C=C[SiH](OC)OC(C)CC. The van der Waals surface area contributed by atoms with E-state index in [2.05, 4.69) is 13.5 Å². The second-order valence-electron chi connectivity index (χ2n) is 2.19. The highest BCUT2D eigenvalue weighted by atomic mass is 28.3. The monoisotopic (exact) mass is 160 g/mol. The minimum absolute atomic E-state index is 0.301. The van der Waals surface area contributed by atoms with Crippen LogP contribution in [0, 0.1) is 0 Å². The molecule has 0 aliphatic carbocycles. The van der Waals surface area contributed by atoms with Crippen molar-refractivity contribution in [1.29, 1.82) is 0 Å². The molecule has 0 aliphatic heterocycles. The molecule has 0 rings (SSSR count). The lowest BCUT2D eigenvalue weighted by molar-refractivity contribution is 0.169. The van der Waals surface area contributed by atoms with Gasteiger partial charge in [-0.1, -0.05) is 12.6 Å². The summed E-state index contributed by atoms with van der Waals surface area (Å²) >= 11 is 0. The third-order valence-corrected chi connectivity index (χ3v) is 2.95. The summed E-state index contributed by atoms with van der Waals surface area (Å²) in [5.41, 5.74) is 1.78. The molecule has 2 unspecified atom stereocenters. The molecule has 60 valence electrons. The van der Waals surface area contributed by atoms with Crippen molar-refractivity contribution >= 4 is 9.28 Å². The van der Waals surface area contributed by atoms with Crippen LogP contribution in [0.2, 0.25) is 0 Å². The summed E-state index contributed by atoms with van der Waals surface area (Å²) in [6.07, 6.45) is 1.33. The van der Waals surface area contributed by atoms with Crippen molar-refractivity contribution < 1.29 is 8.85 Å². The molecule has 0 aromatic rings. The van der Waals surface area contributed by atoms with Crippen LogP contribution in [0.5, 0.6) is 0 Å². The van der Waals surface area contributed by atoms with Crippen molar-refractivity contribution in [3.63, 3.8) is 0 Å². The molecule has 2 nitrogen and oxygen atoms in total. The smallest absolute Gasteiger partial charge is 0.347 e. The van der Waals surface area contributed by atoms with E-state index in [1.807, 2.05) is 6.92 Å². The molecule has 10 heavy (non-hydrogen) atoms. The summed E-state index contributed by atoms with van der Waals surface area (Å²) in [6.45, 7) is 7.77. The molecule has 0 spiro atoms. The topological polar surface area (TPSA) is 18.5 Å². The van der Waals surface area contributed by atoms with Gasteiger partial charge in [0.05, 0.1) is 0 Å². The van der Waals surface area contributed by atoms with E-state index in [1.54, 1.807) is 12.8 Å². The van der Waals surface area contributed by atoms with Crippen LogP contribution in [-0.4, -0.2) is 22.5 Å². The molecule has 0 saturated carbocycles. The molecule has 0 radical (unpaired) electrons. The molecule has 0 saturated heterocycles. The average Bonchev–Trinajstić information content (AvgIpc) is 1.99. The van der Waals surface area contributed by atoms with Gasteiger partial charge < -0.3 is 8.85 Å². The number of hydrogen-bond donors (Lipinski definition) is 0. The summed E-state index contributed by atoms with van der Waals surface area (Å²) in [6, 6.07) is 0. The predicted octanol–water partition coefficient (Wildman–Crippen LogP) is 1.39. The molecule has 0 N–H and O–H groups in total. The fourth-order valence-corrected chi connectivity index (χ4v) is 1.60. The van der Waals surface area contributed by atoms with Crippen LogP contribution < -0.4 is 0 Å². The van der Waals surface area contributed by atoms with E-state index in [0.29, 0.717) is 6.10 Å². The van der Waals surface area contributed by atoms with Crippen LogP contribution in [0.1, 0.15) is 20.3 Å². The molecular weight excluding hydrogens is 144 g/mol. The van der Waals surface area contributed by atoms with Gasteiger partial charge in [-0.25, -0.2) is 0 Å². The highest BCUT2D eigenvalue weighted by Gasteiger charge is 2.08. The Labute approximate surface area is 64.7 Å². The first-order valence-corrected chi connectivity index (χ1v) is 5.16. The summed E-state index contributed by atoms with van der Waals surface area (Å²) in [7, 11) is 0.164. The highest BCUT2D eigenvalue weighted by Crippen LogP contribution is 1.99. The van der Waals surface area contributed by atoms with Gasteiger partial charge in [0.25, 0.3) is 0 Å². The van der Waals surface area contributed by atoms with Crippen LogP contribution in [-0.2, 0) is 8.85 Å². The van der Waals surface area contributed by atoms with Gasteiger partial charge in [-0.15, -0.1) is 6.58 Å². The number of rotatable bonds is 5. The normalized spacial score (nSPS) is 16.3. The summed E-state index contributed by atoms with van der Waals surface area (Å²) in [5, 5.41) is 0. The molecule has 0 fully saturated rings. The maximum absolute atomic E-state index is 5.50. The Morgan fingerprint density at radius 1 is 1.70 bits per heavy atom. The molecular formula is C7H16O2Si. The van der Waals surface area contributed by atoms with E-state index in [1.165, 1.54) is 0 Å². The number of hydrogen-bond acceptors (Lipinski definition) is 2. The van der Waals surface area contributed by atoms with E-state index in [0.717, 1.165) is 6.42 Å². The van der Waals surface area contributed by atoms with Crippen molar-refractivity contribution in [3.05, 3.63) is 12.3 Å². The molecule has 2 atom stereocenters. The van der Waals surface area contributed by atoms with Crippen LogP contribution in [0.25, 0.3) is 0 Å². The first-order chi connectivity index (χ1) is 4.74. The van der Waals surface area contributed by atoms with Crippen molar-refractivity contribution in [2.75, 3.05) is 7.11 Å². The largest absolute Gasteiger partial charge is 0.397 e. The second-order valence-corrected chi connectivity index (χ2v) is 4.15. The van der Waals surface area contributed by atoms with Gasteiger partial charge in [0.15, 0.2) is 0 Å². The molecule has 0 aromatic heterocycles. The summed E-state index contributed by atoms with van der Waals surface area (Å²) in [5.74, 6) is 0. The Bertz CT molecular complexity index is 95.6. The zero-order valence-corrected chi connectivity index (χ0v) is 8.12. The van der Waals surface area contributed by atoms with Gasteiger partial charge >= 0.3 is 9.28 Å². The second kappa shape index (κ2) is 5.65. The summed E-state index contributed by atoms with van der Waals surface area (Å²) in [4.78, 5) is 0. The Morgan fingerprint density at radius 2 is 2.30 bits per heavy atom. The molecule has 0 aliphatic rings. The maximum Gasteiger partial charge on any atom is 0.347 e. The lowest BCUT2D eigenvalue weighted by Gasteiger charge is -2.15. The zero-order valence-electron chi connectivity index (χ0n) is 6.96. The van der Waals surface area contributed by atoms with Gasteiger partial charge in [0, 0.05) is 13.2 Å². The molecule has 0 heterocycles. The van der Waals surface area contributed by atoms with Gasteiger partial charge in [0.1, 0.15) is 0 Å². The third kappa shape index (κ3) is 3.82. The van der Waals surface area contributed by atoms with Gasteiger partial charge in [-0.2, -0.15) is 0 Å². The van der Waals surface area contributed by atoms with E-state index in [4.69, 9.17) is 8.85 Å². The van der Waals surface area contributed by atoms with Crippen LogP contribution in [0.15, 0.2) is 12.3 Å². The van der Waals surface area contributed by atoms with Gasteiger partial charge in [-0.05, 0) is 13.3 Å². The third-order valence-electron chi connectivity index (χ3n) is 1.37. The quantitative estimate of drug-likeness (QED) is 0.566. The zero-order chi connectivity index (χ0) is 7.98. The van der Waals surface area contributed by atoms with Gasteiger partial charge in [-0.3, -0.25) is 0 Å². The van der Waals surface area contributed by atoms with Crippen LogP contribution in [0.4, 0.5) is 0 Å². The van der Waals surface area contributed by atoms with Crippen molar-refractivity contribution in [2.24, 2.45) is 0 Å². The van der Waals surface area contributed by atoms with Crippen molar-refractivity contribution in [3.8, 4) is 0 Å². The van der Waals surface area contributed by atoms with E-state index >= 15 is 0 Å². The molecule has 0 bridgehead atoms. The highest BCUT2D eigenvalue weighted by molar-refractivity contribution is 6.50. The fourth-order valence-electron chi connectivity index (χ4n) is 0.533. The van der Waals surface area contributed by atoms with Crippen LogP contribution in [0.3, 0.4) is 0 Å². The first-order valence-electron chi connectivity index (χ1n) is 3.55. The van der Waals surface area contributed by atoms with E-state index in [-0.39, 0.29) is 0 Å². The Balaban J connectivity index is 3.51. The Kier molecular flexibility index (Phi) is 5.58. The lowest BCUT2D eigenvalue weighted by atomic mass is 10.3. The Hall–Kier alpha value is -0.123. The van der Waals surface area contributed by atoms with Crippen LogP contribution >= 0.6 is 0 Å². The maximum atomic E-state index is 5.50. The standard InChI is InChI=1S/C7H16O2Si/c1-5-7(3)9-10(6-2)8-4/h6-7,10H,2,5H2,1,3-4H3. The minimum Gasteiger partial charge on any atom is -0.397 e. The van der Waals surface area contributed by atoms with Crippen molar-refractivity contribution in [1.82, 2.24) is 0 Å². The fraction of sp³-hybridized carbons (Fsp3) is 0.714. The van der Waals surface area contributed by atoms with Gasteiger partial charge in [0.2, 0.25) is 0 Å². The first kappa shape index (κ1) is 9.88. The molecule has 0 aromatic carbocycles. The molecule has 0 amide bonds. The average molecular weight is 160 g/mol. The minimum atomic E-state index is -1.50. The Morgan fingerprint density at radius 3 is 2.60 bits per heavy atom. The van der Waals surface area contributed by atoms with E-state index < -0.39 is 9.28 Å².